The van der Waals surface area contributed by atoms with Gasteiger partial charge in [0.05, 0.1) is 15.5 Å². The van der Waals surface area contributed by atoms with E-state index in [1.807, 2.05) is 22.4 Å². The van der Waals surface area contributed by atoms with Gasteiger partial charge >= 0.3 is 0 Å². The number of carbonyl (C=O) groups excluding carboxylic acids is 1. The van der Waals surface area contributed by atoms with Crippen molar-refractivity contribution >= 4 is 22.9 Å². The fourth-order valence-corrected chi connectivity index (χ4v) is 3.95. The van der Waals surface area contributed by atoms with Crippen molar-refractivity contribution in [3.05, 3.63) is 63.7 Å². The number of thiophene rings is 1. The normalized spacial score (nSPS) is 14.3. The van der Waals surface area contributed by atoms with Crippen LogP contribution >= 0.6 is 11.3 Å². The Kier molecular flexibility index (Phi) is 4.72. The van der Waals surface area contributed by atoms with Crippen molar-refractivity contribution in [3.8, 4) is 16.3 Å². The number of amides is 1. The molecule has 0 aliphatic carbocycles. The molecule has 1 fully saturated rings. The highest BCUT2D eigenvalue weighted by atomic mass is 32.1. The lowest BCUT2D eigenvalue weighted by Gasteiger charge is -2.26. The van der Waals surface area contributed by atoms with E-state index in [4.69, 9.17) is 0 Å². The van der Waals surface area contributed by atoms with Gasteiger partial charge in [-0.25, -0.2) is 4.68 Å². The number of hydrogen-bond donors (Lipinski definition) is 0. The number of nitro groups is 1. The Morgan fingerprint density at radius 2 is 1.93 bits per heavy atom. The maximum absolute atomic E-state index is 13.1. The minimum Gasteiger partial charge on any atom is -0.337 e. The molecule has 0 N–H and O–H groups in total. The molecule has 1 aromatic carbocycles. The smallest absolute Gasteiger partial charge is 0.272 e. The number of piperidine rings is 1. The molecule has 27 heavy (non-hydrogen) atoms. The molecule has 4 rings (SSSR count). The molecule has 7 nitrogen and oxygen atoms in total. The van der Waals surface area contributed by atoms with Gasteiger partial charge in [-0.2, -0.15) is 5.10 Å². The van der Waals surface area contributed by atoms with E-state index < -0.39 is 4.92 Å². The van der Waals surface area contributed by atoms with Gasteiger partial charge in [-0.05, 0) is 42.8 Å². The zero-order valence-corrected chi connectivity index (χ0v) is 15.4. The molecule has 0 saturated carbocycles. The van der Waals surface area contributed by atoms with E-state index in [1.165, 1.54) is 28.2 Å². The summed E-state index contributed by atoms with van der Waals surface area (Å²) in [5.74, 6) is -0.0866. The first-order valence-electron chi connectivity index (χ1n) is 8.81. The summed E-state index contributed by atoms with van der Waals surface area (Å²) >= 11 is 1.54. The largest absolute Gasteiger partial charge is 0.337 e. The number of rotatable bonds is 4. The van der Waals surface area contributed by atoms with Crippen LogP contribution in [-0.4, -0.2) is 38.6 Å². The summed E-state index contributed by atoms with van der Waals surface area (Å²) in [6.45, 7) is 1.46. The second-order valence-corrected chi connectivity index (χ2v) is 7.38. The molecule has 1 aliphatic heterocycles. The molecule has 8 heteroatoms. The maximum atomic E-state index is 13.1. The highest BCUT2D eigenvalue weighted by molar-refractivity contribution is 7.13. The Morgan fingerprint density at radius 1 is 1.11 bits per heavy atom. The van der Waals surface area contributed by atoms with Crippen LogP contribution in [0.5, 0.6) is 0 Å². The molecule has 1 saturated heterocycles. The molecule has 0 bridgehead atoms. The molecule has 138 valence electrons. The molecule has 1 aliphatic rings. The predicted molar refractivity (Wildman–Crippen MR) is 103 cm³/mol. The van der Waals surface area contributed by atoms with Gasteiger partial charge in [-0.1, -0.05) is 12.1 Å². The zero-order valence-electron chi connectivity index (χ0n) is 14.6. The molecular formula is C19H18N4O3S. The Hall–Kier alpha value is -3.00. The number of hydrogen-bond acceptors (Lipinski definition) is 5. The average Bonchev–Trinajstić information content (AvgIpc) is 3.38. The highest BCUT2D eigenvalue weighted by Crippen LogP contribution is 2.28. The van der Waals surface area contributed by atoms with Gasteiger partial charge in [0, 0.05) is 25.2 Å². The molecule has 3 aromatic rings. The van der Waals surface area contributed by atoms with Crippen molar-refractivity contribution in [2.45, 2.75) is 19.3 Å². The number of aromatic nitrogens is 2. The summed E-state index contributed by atoms with van der Waals surface area (Å²) in [5, 5.41) is 17.7. The summed E-state index contributed by atoms with van der Waals surface area (Å²) in [7, 11) is 0. The average molecular weight is 382 g/mol. The summed E-state index contributed by atoms with van der Waals surface area (Å²) in [6, 6.07) is 11.9. The number of benzene rings is 1. The third-order valence-corrected chi connectivity index (χ3v) is 5.52. The van der Waals surface area contributed by atoms with Gasteiger partial charge in [0.25, 0.3) is 11.6 Å². The van der Waals surface area contributed by atoms with E-state index in [-0.39, 0.29) is 11.6 Å². The van der Waals surface area contributed by atoms with Crippen LogP contribution in [0, 0.1) is 10.1 Å². The third-order valence-electron chi connectivity index (χ3n) is 4.63. The quantitative estimate of drug-likeness (QED) is 0.502. The SMILES string of the molecule is O=C(c1cc(-c2cccs2)nn1-c1cccc([N+](=O)[O-])c1)N1CCCCC1. The number of nitro benzene ring substituents is 1. The predicted octanol–water partition coefficient (Wildman–Crippen LogP) is 4.14. The Balaban J connectivity index is 1.80. The molecule has 0 unspecified atom stereocenters. The Labute approximate surface area is 160 Å². The van der Waals surface area contributed by atoms with Gasteiger partial charge < -0.3 is 4.90 Å². The lowest BCUT2D eigenvalue weighted by Crippen LogP contribution is -2.36. The van der Waals surface area contributed by atoms with Crippen molar-refractivity contribution in [1.82, 2.24) is 14.7 Å². The fourth-order valence-electron chi connectivity index (χ4n) is 3.27. The van der Waals surface area contributed by atoms with Gasteiger partial charge in [0.2, 0.25) is 0 Å². The van der Waals surface area contributed by atoms with E-state index in [0.29, 0.717) is 17.1 Å². The second kappa shape index (κ2) is 7.32. The monoisotopic (exact) mass is 382 g/mol. The van der Waals surface area contributed by atoms with E-state index >= 15 is 0 Å². The van der Waals surface area contributed by atoms with Crippen LogP contribution in [0.2, 0.25) is 0 Å². The van der Waals surface area contributed by atoms with Gasteiger partial charge in [0.1, 0.15) is 11.4 Å². The number of carbonyl (C=O) groups is 1. The maximum Gasteiger partial charge on any atom is 0.272 e. The van der Waals surface area contributed by atoms with E-state index in [9.17, 15) is 14.9 Å². The van der Waals surface area contributed by atoms with E-state index in [1.54, 1.807) is 18.2 Å². The highest BCUT2D eigenvalue weighted by Gasteiger charge is 2.24. The first-order valence-corrected chi connectivity index (χ1v) is 9.69. The van der Waals surface area contributed by atoms with Crippen molar-refractivity contribution in [3.63, 3.8) is 0 Å². The van der Waals surface area contributed by atoms with Crippen molar-refractivity contribution in [1.29, 1.82) is 0 Å². The van der Waals surface area contributed by atoms with Crippen molar-refractivity contribution in [2.24, 2.45) is 0 Å². The van der Waals surface area contributed by atoms with Crippen LogP contribution in [0.1, 0.15) is 29.8 Å². The molecule has 3 heterocycles. The van der Waals surface area contributed by atoms with Gasteiger partial charge in [-0.15, -0.1) is 11.3 Å². The molecule has 0 radical (unpaired) electrons. The fraction of sp³-hybridized carbons (Fsp3) is 0.263. The minimum atomic E-state index is -0.445. The van der Waals surface area contributed by atoms with Crippen LogP contribution in [0.25, 0.3) is 16.3 Å². The second-order valence-electron chi connectivity index (χ2n) is 6.43. The number of likely N-dealkylation sites (tertiary alicyclic amines) is 1. The zero-order chi connectivity index (χ0) is 18.8. The minimum absolute atomic E-state index is 0.0305. The number of nitrogens with zero attached hydrogens (tertiary/aromatic N) is 4. The summed E-state index contributed by atoms with van der Waals surface area (Å²) in [5.41, 5.74) is 1.60. The van der Waals surface area contributed by atoms with Crippen LogP contribution < -0.4 is 0 Å². The Bertz CT molecular complexity index is 975. The molecule has 2 aromatic heterocycles. The first-order chi connectivity index (χ1) is 13.1. The standard InChI is InChI=1S/C19H18N4O3S/c24-19(21-9-2-1-3-10-21)17-13-16(18-8-5-11-27-18)20-22(17)14-6-4-7-15(12-14)23(25)26/h4-8,11-13H,1-3,9-10H2. The lowest BCUT2D eigenvalue weighted by atomic mass is 10.1. The topological polar surface area (TPSA) is 81.3 Å². The lowest BCUT2D eigenvalue weighted by molar-refractivity contribution is -0.384. The van der Waals surface area contributed by atoms with Crippen molar-refractivity contribution < 1.29 is 9.72 Å². The summed E-state index contributed by atoms with van der Waals surface area (Å²) in [4.78, 5) is 26.6. The summed E-state index contributed by atoms with van der Waals surface area (Å²) in [6.07, 6.45) is 3.12. The third kappa shape index (κ3) is 3.48. The van der Waals surface area contributed by atoms with Gasteiger partial charge in [-0.3, -0.25) is 14.9 Å². The molecular weight excluding hydrogens is 364 g/mol. The van der Waals surface area contributed by atoms with E-state index in [0.717, 1.165) is 37.2 Å². The first kappa shape index (κ1) is 17.4. The van der Waals surface area contributed by atoms with Crippen LogP contribution in [0.3, 0.4) is 0 Å². The Morgan fingerprint density at radius 3 is 2.63 bits per heavy atom. The summed E-state index contributed by atoms with van der Waals surface area (Å²) < 4.78 is 1.53. The van der Waals surface area contributed by atoms with Crippen molar-refractivity contribution in [2.75, 3.05) is 13.1 Å². The molecule has 1 amide bonds. The van der Waals surface area contributed by atoms with E-state index in [2.05, 4.69) is 5.10 Å². The van der Waals surface area contributed by atoms with Crippen LogP contribution in [0.15, 0.2) is 47.8 Å². The number of non-ortho nitro benzene ring substituents is 1. The van der Waals surface area contributed by atoms with Crippen LogP contribution in [-0.2, 0) is 0 Å². The molecule has 0 atom stereocenters. The molecule has 0 spiro atoms. The van der Waals surface area contributed by atoms with Gasteiger partial charge in [0.15, 0.2) is 0 Å². The van der Waals surface area contributed by atoms with Crippen LogP contribution in [0.4, 0.5) is 5.69 Å².